The molecule has 264 valence electrons. The van der Waals surface area contributed by atoms with Crippen molar-refractivity contribution in [2.45, 2.75) is 192 Å². The SMILES string of the molecule is CCCCCCCCCCCCCCCCCC#CC(CCC=CC[C@@H]1[C@@H](C=CC[C@H](O)C2(CC)CCC2)[C@H](O)C[C@H]1Cl)C(=O)O. The molecule has 0 amide bonds. The number of aliphatic carboxylic acids is 1. The molecule has 0 radical (unpaired) electrons. The van der Waals surface area contributed by atoms with Crippen LogP contribution in [0.4, 0.5) is 0 Å². The summed E-state index contributed by atoms with van der Waals surface area (Å²) in [6.45, 7) is 4.44. The van der Waals surface area contributed by atoms with E-state index in [1.807, 2.05) is 6.08 Å². The molecule has 0 heterocycles. The summed E-state index contributed by atoms with van der Waals surface area (Å²) >= 11 is 6.63. The smallest absolute Gasteiger partial charge is 0.318 e. The summed E-state index contributed by atoms with van der Waals surface area (Å²) in [6.07, 6.45) is 35.9. The average Bonchev–Trinajstić information content (AvgIpc) is 3.28. The van der Waals surface area contributed by atoms with Gasteiger partial charge in [0.05, 0.1) is 12.2 Å². The Kier molecular flexibility index (Phi) is 22.0. The van der Waals surface area contributed by atoms with Gasteiger partial charge in [-0.15, -0.1) is 17.5 Å². The normalized spacial score (nSPS) is 23.8. The van der Waals surface area contributed by atoms with Gasteiger partial charge in [0.2, 0.25) is 0 Å². The number of carbonyl (C=O) groups is 1. The first-order valence-corrected chi connectivity index (χ1v) is 19.8. The van der Waals surface area contributed by atoms with Crippen molar-refractivity contribution in [3.63, 3.8) is 0 Å². The molecule has 2 aliphatic rings. The van der Waals surface area contributed by atoms with Crippen LogP contribution in [-0.2, 0) is 4.79 Å². The first-order valence-electron chi connectivity index (χ1n) is 19.4. The molecular formula is C41H69ClO4. The van der Waals surface area contributed by atoms with E-state index in [0.717, 1.165) is 38.5 Å². The van der Waals surface area contributed by atoms with Crippen molar-refractivity contribution in [1.29, 1.82) is 0 Å². The Bertz CT molecular complexity index is 908. The van der Waals surface area contributed by atoms with Gasteiger partial charge >= 0.3 is 5.97 Å². The fourth-order valence-electron chi connectivity index (χ4n) is 7.50. The topological polar surface area (TPSA) is 77.8 Å². The molecule has 2 fully saturated rings. The lowest BCUT2D eigenvalue weighted by Crippen LogP contribution is -2.40. The van der Waals surface area contributed by atoms with Crippen molar-refractivity contribution >= 4 is 17.6 Å². The van der Waals surface area contributed by atoms with E-state index in [-0.39, 0.29) is 28.7 Å². The highest BCUT2D eigenvalue weighted by atomic mass is 35.5. The molecule has 0 aromatic heterocycles. The van der Waals surface area contributed by atoms with Crippen molar-refractivity contribution in [2.75, 3.05) is 0 Å². The Morgan fingerprint density at radius 3 is 2.00 bits per heavy atom. The highest BCUT2D eigenvalue weighted by molar-refractivity contribution is 6.21. The number of aliphatic hydroxyl groups excluding tert-OH is 2. The predicted octanol–water partition coefficient (Wildman–Crippen LogP) is 11.2. The van der Waals surface area contributed by atoms with E-state index >= 15 is 0 Å². The minimum atomic E-state index is -0.837. The van der Waals surface area contributed by atoms with Gasteiger partial charge in [-0.05, 0) is 69.1 Å². The Labute approximate surface area is 288 Å². The van der Waals surface area contributed by atoms with Crippen LogP contribution in [0.15, 0.2) is 24.3 Å². The molecule has 6 atom stereocenters. The molecule has 1 unspecified atom stereocenters. The van der Waals surface area contributed by atoms with Crippen LogP contribution < -0.4 is 0 Å². The van der Waals surface area contributed by atoms with Crippen molar-refractivity contribution < 1.29 is 20.1 Å². The highest BCUT2D eigenvalue weighted by Crippen LogP contribution is 2.48. The molecule has 3 N–H and O–H groups in total. The molecular weight excluding hydrogens is 592 g/mol. The van der Waals surface area contributed by atoms with E-state index in [4.69, 9.17) is 11.6 Å². The number of aliphatic hydroxyl groups is 2. The molecule has 0 aromatic carbocycles. The third-order valence-corrected chi connectivity index (χ3v) is 11.5. The number of carboxylic acid groups (broad SMARTS) is 1. The molecule has 0 saturated heterocycles. The maximum atomic E-state index is 11.8. The van der Waals surface area contributed by atoms with E-state index in [2.05, 4.69) is 43.9 Å². The number of unbranched alkanes of at least 4 members (excludes halogenated alkanes) is 15. The Balaban J connectivity index is 1.57. The first kappa shape index (κ1) is 40.9. The standard InChI is InChI=1S/C41H69ClO4/c1-3-5-6-7-8-9-10-11-12-13-14-15-16-17-18-19-21-26-34(40(45)46)27-22-20-23-28-35-36(38(43)33-37(35)42)29-24-30-39(44)41(4-2)31-25-32-41/h20,23-24,29,34-39,43-44H,3-19,22,25,27-28,30-33H2,1-2H3,(H,45,46)/t34?,35-,36-,37-,38-,39+/m1/s1. The van der Waals surface area contributed by atoms with E-state index in [1.165, 1.54) is 96.3 Å². The van der Waals surface area contributed by atoms with Gasteiger partial charge in [0, 0.05) is 17.7 Å². The lowest BCUT2D eigenvalue weighted by atomic mass is 9.63. The second kappa shape index (κ2) is 24.8. The lowest BCUT2D eigenvalue weighted by Gasteiger charge is -2.45. The van der Waals surface area contributed by atoms with Crippen LogP contribution in [0.2, 0.25) is 0 Å². The van der Waals surface area contributed by atoms with Crippen LogP contribution in [0, 0.1) is 35.0 Å². The van der Waals surface area contributed by atoms with Crippen molar-refractivity contribution in [3.8, 4) is 11.8 Å². The zero-order valence-corrected chi connectivity index (χ0v) is 30.3. The van der Waals surface area contributed by atoms with Gasteiger partial charge in [-0.3, -0.25) is 4.79 Å². The zero-order valence-electron chi connectivity index (χ0n) is 29.6. The number of alkyl halides is 1. The average molecular weight is 661 g/mol. The summed E-state index contributed by atoms with van der Waals surface area (Å²) in [4.78, 5) is 11.8. The molecule has 0 aromatic rings. The highest BCUT2D eigenvalue weighted by Gasteiger charge is 2.42. The summed E-state index contributed by atoms with van der Waals surface area (Å²) in [7, 11) is 0. The molecule has 2 rings (SSSR count). The Morgan fingerprint density at radius 2 is 1.48 bits per heavy atom. The van der Waals surface area contributed by atoms with Crippen LogP contribution >= 0.6 is 11.6 Å². The molecule has 4 nitrogen and oxygen atoms in total. The molecule has 0 spiro atoms. The number of carboxylic acids is 1. The van der Waals surface area contributed by atoms with Crippen LogP contribution in [0.5, 0.6) is 0 Å². The largest absolute Gasteiger partial charge is 0.480 e. The van der Waals surface area contributed by atoms with E-state index in [1.54, 1.807) is 0 Å². The fraction of sp³-hybridized carbons (Fsp3) is 0.829. The number of rotatable bonds is 26. The second-order valence-electron chi connectivity index (χ2n) is 14.5. The number of hydrogen-bond acceptors (Lipinski definition) is 3. The third-order valence-electron chi connectivity index (χ3n) is 11.0. The van der Waals surface area contributed by atoms with Gasteiger partial charge in [-0.25, -0.2) is 0 Å². The summed E-state index contributed by atoms with van der Waals surface area (Å²) in [6, 6.07) is 0. The molecule has 2 saturated carbocycles. The maximum absolute atomic E-state index is 11.8. The van der Waals surface area contributed by atoms with Gasteiger partial charge in [-0.1, -0.05) is 140 Å². The van der Waals surface area contributed by atoms with Gasteiger partial charge in [0.1, 0.15) is 5.92 Å². The van der Waals surface area contributed by atoms with Crippen LogP contribution in [0.25, 0.3) is 0 Å². The third kappa shape index (κ3) is 15.7. The van der Waals surface area contributed by atoms with E-state index in [9.17, 15) is 20.1 Å². The summed E-state index contributed by atoms with van der Waals surface area (Å²) < 4.78 is 0. The number of halogens is 1. The summed E-state index contributed by atoms with van der Waals surface area (Å²) in [5, 5.41) is 30.9. The van der Waals surface area contributed by atoms with Gasteiger partial charge in [-0.2, -0.15) is 0 Å². The fourth-order valence-corrected chi connectivity index (χ4v) is 7.96. The van der Waals surface area contributed by atoms with Crippen molar-refractivity contribution in [3.05, 3.63) is 24.3 Å². The number of allylic oxidation sites excluding steroid dienone is 2. The van der Waals surface area contributed by atoms with E-state index in [0.29, 0.717) is 25.7 Å². The minimum Gasteiger partial charge on any atom is -0.480 e. The maximum Gasteiger partial charge on any atom is 0.318 e. The first-order chi connectivity index (χ1) is 22.3. The van der Waals surface area contributed by atoms with E-state index < -0.39 is 18.0 Å². The summed E-state index contributed by atoms with van der Waals surface area (Å²) in [5.41, 5.74) is 0.0831. The Morgan fingerprint density at radius 1 is 0.891 bits per heavy atom. The lowest BCUT2D eigenvalue weighted by molar-refractivity contribution is -0.139. The van der Waals surface area contributed by atoms with Crippen LogP contribution in [-0.4, -0.2) is 38.9 Å². The van der Waals surface area contributed by atoms with Gasteiger partial charge < -0.3 is 15.3 Å². The minimum absolute atomic E-state index is 0.0179. The predicted molar refractivity (Wildman–Crippen MR) is 195 cm³/mol. The zero-order chi connectivity index (χ0) is 33.5. The monoisotopic (exact) mass is 660 g/mol. The van der Waals surface area contributed by atoms with Crippen LogP contribution in [0.1, 0.15) is 174 Å². The second-order valence-corrected chi connectivity index (χ2v) is 15.1. The molecule has 2 aliphatic carbocycles. The van der Waals surface area contributed by atoms with Crippen LogP contribution in [0.3, 0.4) is 0 Å². The van der Waals surface area contributed by atoms with Gasteiger partial charge in [0.15, 0.2) is 0 Å². The quantitative estimate of drug-likeness (QED) is 0.0373. The van der Waals surface area contributed by atoms with Crippen molar-refractivity contribution in [2.24, 2.45) is 23.2 Å². The number of hydrogen-bond donors (Lipinski definition) is 3. The van der Waals surface area contributed by atoms with Gasteiger partial charge in [0.25, 0.3) is 0 Å². The molecule has 46 heavy (non-hydrogen) atoms. The molecule has 0 bridgehead atoms. The molecule has 5 heteroatoms. The molecule has 0 aliphatic heterocycles. The van der Waals surface area contributed by atoms with Crippen molar-refractivity contribution in [1.82, 2.24) is 0 Å². The Hall–Kier alpha value is -1.28. The summed E-state index contributed by atoms with van der Waals surface area (Å²) in [5.74, 6) is 4.80.